The van der Waals surface area contributed by atoms with Crippen LogP contribution in [-0.2, 0) is 20.8 Å². The Morgan fingerprint density at radius 3 is 2.61 bits per heavy atom. The van der Waals surface area contributed by atoms with Gasteiger partial charge in [0.15, 0.2) is 17.9 Å². The van der Waals surface area contributed by atoms with Crippen LogP contribution in [0.1, 0.15) is 45.6 Å². The number of guanidine groups is 1. The molecule has 3 rings (SSSR count). The number of benzene rings is 2. The van der Waals surface area contributed by atoms with Crippen LogP contribution in [0.15, 0.2) is 47.5 Å². The number of primary amides is 1. The number of hydrogen-bond acceptors (Lipinski definition) is 6. The molecule has 11 heteroatoms. The molecule has 38 heavy (non-hydrogen) atoms. The normalized spacial score (nSPS) is 16.8. The molecular formula is C27H36ClFN4O5. The van der Waals surface area contributed by atoms with Gasteiger partial charge in [-0.25, -0.2) is 14.2 Å². The largest absolute Gasteiger partial charge is 0.488 e. The number of hydrogen-bond donors (Lipinski definition) is 2. The monoisotopic (exact) mass is 550 g/mol. The van der Waals surface area contributed by atoms with Crippen LogP contribution in [0.5, 0.6) is 5.75 Å². The molecule has 0 aliphatic carbocycles. The van der Waals surface area contributed by atoms with Crippen LogP contribution in [0.3, 0.4) is 0 Å². The third kappa shape index (κ3) is 9.75. The lowest BCUT2D eigenvalue weighted by atomic mass is 10.2. The van der Waals surface area contributed by atoms with Gasteiger partial charge in [0.05, 0.1) is 25.9 Å². The molecule has 3 N–H and O–H groups in total. The van der Waals surface area contributed by atoms with Gasteiger partial charge in [0, 0.05) is 23.4 Å². The first-order valence-electron chi connectivity index (χ1n) is 12.7. The van der Waals surface area contributed by atoms with Crippen molar-refractivity contribution in [2.45, 2.75) is 65.2 Å². The molecule has 2 aromatic carbocycles. The number of aliphatic imine (C=N–C) groups is 1. The molecule has 2 atom stereocenters. The van der Waals surface area contributed by atoms with E-state index in [4.69, 9.17) is 36.3 Å². The van der Waals surface area contributed by atoms with Gasteiger partial charge in [-0.3, -0.25) is 4.90 Å². The van der Waals surface area contributed by atoms with Crippen LogP contribution < -0.4 is 15.8 Å². The van der Waals surface area contributed by atoms with Crippen molar-refractivity contribution in [1.82, 2.24) is 4.90 Å². The van der Waals surface area contributed by atoms with E-state index in [-0.39, 0.29) is 37.3 Å². The van der Waals surface area contributed by atoms with Crippen LogP contribution in [0, 0.1) is 5.82 Å². The molecule has 2 aromatic rings. The van der Waals surface area contributed by atoms with E-state index in [0.717, 1.165) is 24.8 Å². The second kappa shape index (κ2) is 14.9. The highest BCUT2D eigenvalue weighted by Crippen LogP contribution is 2.23. The molecule has 208 valence electrons. The van der Waals surface area contributed by atoms with Crippen molar-refractivity contribution < 1.29 is 28.1 Å². The summed E-state index contributed by atoms with van der Waals surface area (Å²) in [5.74, 6) is -0.346. The number of nitrogens with one attached hydrogen (secondary N) is 1. The van der Waals surface area contributed by atoms with Gasteiger partial charge in [-0.2, -0.15) is 0 Å². The molecule has 0 radical (unpaired) electrons. The van der Waals surface area contributed by atoms with Crippen LogP contribution in [-0.4, -0.2) is 55.3 Å². The van der Waals surface area contributed by atoms with Crippen molar-refractivity contribution in [3.8, 4) is 5.75 Å². The Morgan fingerprint density at radius 1 is 1.21 bits per heavy atom. The molecule has 0 aromatic heterocycles. The average Bonchev–Trinajstić information content (AvgIpc) is 2.88. The molecule has 0 bridgehead atoms. The quantitative estimate of drug-likeness (QED) is 0.217. The highest BCUT2D eigenvalue weighted by Gasteiger charge is 2.20. The summed E-state index contributed by atoms with van der Waals surface area (Å²) in [5.41, 5.74) is 6.85. The number of carbonyl (C=O) groups is 1. The third-order valence-electron chi connectivity index (χ3n) is 5.51. The maximum atomic E-state index is 14.7. The van der Waals surface area contributed by atoms with E-state index in [2.05, 4.69) is 10.3 Å². The van der Waals surface area contributed by atoms with E-state index in [9.17, 15) is 9.18 Å². The van der Waals surface area contributed by atoms with Gasteiger partial charge >= 0.3 is 6.03 Å². The van der Waals surface area contributed by atoms with E-state index < -0.39 is 18.1 Å². The lowest BCUT2D eigenvalue weighted by Crippen LogP contribution is -2.44. The zero-order chi connectivity index (χ0) is 27.5. The first kappa shape index (κ1) is 29.6. The zero-order valence-corrected chi connectivity index (χ0v) is 22.7. The van der Waals surface area contributed by atoms with Crippen molar-refractivity contribution in [3.63, 3.8) is 0 Å². The van der Waals surface area contributed by atoms with E-state index in [1.807, 2.05) is 13.8 Å². The third-order valence-corrected chi connectivity index (χ3v) is 5.77. The summed E-state index contributed by atoms with van der Waals surface area (Å²) >= 11 is 6.00. The Balaban J connectivity index is 1.75. The minimum absolute atomic E-state index is 0.0911. The summed E-state index contributed by atoms with van der Waals surface area (Å²) in [7, 11) is 0. The zero-order valence-electron chi connectivity index (χ0n) is 22.0. The van der Waals surface area contributed by atoms with Gasteiger partial charge in [0.1, 0.15) is 6.23 Å². The van der Waals surface area contributed by atoms with Gasteiger partial charge in [-0.05, 0) is 69.9 Å². The van der Waals surface area contributed by atoms with Crippen molar-refractivity contribution in [2.24, 2.45) is 10.7 Å². The number of ether oxygens (including phenoxy) is 4. The maximum Gasteiger partial charge on any atom is 0.321 e. The second-order valence-electron chi connectivity index (χ2n) is 9.08. The number of nitrogens with two attached hydrogens (primary N) is 1. The van der Waals surface area contributed by atoms with Gasteiger partial charge in [-0.1, -0.05) is 23.7 Å². The van der Waals surface area contributed by atoms with Gasteiger partial charge in [0.2, 0.25) is 5.96 Å². The second-order valence-corrected chi connectivity index (χ2v) is 9.51. The smallest absolute Gasteiger partial charge is 0.321 e. The number of anilines is 1. The Kier molecular flexibility index (Phi) is 11.6. The summed E-state index contributed by atoms with van der Waals surface area (Å²) < 4.78 is 37.2. The minimum Gasteiger partial charge on any atom is -0.488 e. The molecule has 1 saturated heterocycles. The van der Waals surface area contributed by atoms with Crippen LogP contribution in [0.2, 0.25) is 5.02 Å². The number of nitrogens with zero attached hydrogens (tertiary/aromatic N) is 2. The number of rotatable bonds is 11. The van der Waals surface area contributed by atoms with Crippen molar-refractivity contribution in [2.75, 3.05) is 25.1 Å². The lowest BCUT2D eigenvalue weighted by molar-refractivity contribution is -0.170. The first-order valence-corrected chi connectivity index (χ1v) is 13.1. The maximum absolute atomic E-state index is 14.7. The van der Waals surface area contributed by atoms with Crippen molar-refractivity contribution >= 4 is 29.3 Å². The fraction of sp³-hybridized carbons (Fsp3) is 0.481. The molecule has 2 unspecified atom stereocenters. The summed E-state index contributed by atoms with van der Waals surface area (Å²) in [6.45, 7) is 6.74. The topological polar surface area (TPSA) is 108 Å². The Bertz CT molecular complexity index is 1060. The summed E-state index contributed by atoms with van der Waals surface area (Å²) in [4.78, 5) is 18.3. The molecule has 1 aliphatic rings. The van der Waals surface area contributed by atoms with E-state index >= 15 is 0 Å². The number of amides is 2. The summed E-state index contributed by atoms with van der Waals surface area (Å²) in [6, 6.07) is 10.6. The molecular weight excluding hydrogens is 515 g/mol. The predicted octanol–water partition coefficient (Wildman–Crippen LogP) is 5.52. The molecule has 9 nitrogen and oxygen atoms in total. The molecule has 1 fully saturated rings. The number of carbonyl (C=O) groups excluding carboxylic acids is 1. The SMILES string of the molecule is CC(C)Oc1ccc(NC(=NC(C)OCCOC2CCCCO2)N(Cc2ccc(Cl)cc2)C(N)=O)cc1F. The Morgan fingerprint density at radius 2 is 1.97 bits per heavy atom. The first-order chi connectivity index (χ1) is 18.2. The number of urea groups is 1. The highest BCUT2D eigenvalue weighted by atomic mass is 35.5. The van der Waals surface area contributed by atoms with E-state index in [0.29, 0.717) is 23.9 Å². The van der Waals surface area contributed by atoms with Gasteiger partial charge in [0.25, 0.3) is 0 Å². The number of halogens is 2. The van der Waals surface area contributed by atoms with Crippen molar-refractivity contribution in [1.29, 1.82) is 0 Å². The van der Waals surface area contributed by atoms with Crippen LogP contribution in [0.4, 0.5) is 14.9 Å². The summed E-state index contributed by atoms with van der Waals surface area (Å²) in [5, 5.41) is 3.57. The minimum atomic E-state index is -0.753. The van der Waals surface area contributed by atoms with Gasteiger partial charge < -0.3 is 30.0 Å². The van der Waals surface area contributed by atoms with Gasteiger partial charge in [-0.15, -0.1) is 0 Å². The van der Waals surface area contributed by atoms with Crippen LogP contribution >= 0.6 is 11.6 Å². The predicted molar refractivity (Wildman–Crippen MR) is 145 cm³/mol. The van der Waals surface area contributed by atoms with E-state index in [1.54, 1.807) is 37.3 Å². The Labute approximate surface area is 228 Å². The Hall–Kier alpha value is -2.92. The fourth-order valence-electron chi connectivity index (χ4n) is 3.71. The molecule has 1 aliphatic heterocycles. The summed E-state index contributed by atoms with van der Waals surface area (Å²) in [6.07, 6.45) is 1.90. The molecule has 1 heterocycles. The average molecular weight is 551 g/mol. The molecule has 2 amide bonds. The standard InChI is InChI=1S/C27H36ClFN4O5/c1-18(2)38-24-12-11-22(16-23(24)29)32-27(33(26(30)34)17-20-7-9-21(28)10-8-20)31-19(3)35-14-15-37-25-6-4-5-13-36-25/h7-12,16,18-19,25H,4-6,13-15,17H2,1-3H3,(H2,30,34)(H,31,32). The lowest BCUT2D eigenvalue weighted by Gasteiger charge is -2.25. The molecule has 0 spiro atoms. The van der Waals surface area contributed by atoms with Crippen molar-refractivity contribution in [3.05, 3.63) is 58.9 Å². The van der Waals surface area contributed by atoms with Crippen LogP contribution in [0.25, 0.3) is 0 Å². The fourth-order valence-corrected chi connectivity index (χ4v) is 3.83. The highest BCUT2D eigenvalue weighted by molar-refractivity contribution is 6.30. The molecule has 0 saturated carbocycles. The van der Waals surface area contributed by atoms with E-state index in [1.165, 1.54) is 17.0 Å².